The Morgan fingerprint density at radius 2 is 2.14 bits per heavy atom. The third kappa shape index (κ3) is 5.27. The van der Waals surface area contributed by atoms with Gasteiger partial charge in [-0.2, -0.15) is 5.10 Å². The topological polar surface area (TPSA) is 67.2 Å². The van der Waals surface area contributed by atoms with Gasteiger partial charge in [-0.15, -0.1) is 0 Å². The molecule has 29 heavy (non-hydrogen) atoms. The highest BCUT2D eigenvalue weighted by Crippen LogP contribution is 2.23. The summed E-state index contributed by atoms with van der Waals surface area (Å²) in [6, 6.07) is 8.44. The molecule has 1 fully saturated rings. The Balaban J connectivity index is 1.64. The quantitative estimate of drug-likeness (QED) is 0.588. The summed E-state index contributed by atoms with van der Waals surface area (Å²) in [6.45, 7) is 2.98. The Hall–Kier alpha value is -2.58. The van der Waals surface area contributed by atoms with Gasteiger partial charge in [-0.3, -0.25) is 9.67 Å². The first-order chi connectivity index (χ1) is 14.0. The first-order valence-electron chi connectivity index (χ1n) is 9.88. The van der Waals surface area contributed by atoms with Crippen molar-refractivity contribution in [3.8, 4) is 5.75 Å². The maximum atomic E-state index is 5.96. The number of nitrogens with zero attached hydrogens (tertiary/aromatic N) is 5. The zero-order chi connectivity index (χ0) is 20.8. The van der Waals surface area contributed by atoms with Crippen molar-refractivity contribution in [2.45, 2.75) is 12.1 Å². The van der Waals surface area contributed by atoms with Crippen LogP contribution in [-0.4, -0.2) is 80.0 Å². The maximum Gasteiger partial charge on any atom is 0.193 e. The van der Waals surface area contributed by atoms with Crippen LogP contribution in [0.25, 0.3) is 0 Å². The molecule has 2 atom stereocenters. The first-order valence-corrected chi connectivity index (χ1v) is 9.88. The van der Waals surface area contributed by atoms with Gasteiger partial charge in [-0.05, 0) is 31.8 Å². The summed E-state index contributed by atoms with van der Waals surface area (Å²) in [5.74, 6) is 1.76. The van der Waals surface area contributed by atoms with E-state index in [-0.39, 0.29) is 12.1 Å². The number of likely N-dealkylation sites (N-methyl/N-ethyl adjacent to an activating group) is 1. The number of benzene rings is 1. The second-order valence-corrected chi connectivity index (χ2v) is 7.43. The molecule has 8 heteroatoms. The van der Waals surface area contributed by atoms with Crippen LogP contribution in [0.2, 0.25) is 0 Å². The molecule has 3 rings (SSSR count). The van der Waals surface area contributed by atoms with Gasteiger partial charge in [0.15, 0.2) is 5.96 Å². The molecular weight excluding hydrogens is 368 g/mol. The minimum absolute atomic E-state index is 0.00207. The normalized spacial score (nSPS) is 18.8. The Kier molecular flexibility index (Phi) is 7.11. The minimum atomic E-state index is 0.00207. The van der Waals surface area contributed by atoms with Gasteiger partial charge in [0, 0.05) is 38.9 Å². The summed E-state index contributed by atoms with van der Waals surface area (Å²) in [4.78, 5) is 8.97. The molecule has 1 aromatic heterocycles. The smallest absolute Gasteiger partial charge is 0.193 e. The number of methoxy groups -OCH3 is 1. The summed E-state index contributed by atoms with van der Waals surface area (Å²) >= 11 is 0. The van der Waals surface area contributed by atoms with Crippen LogP contribution in [0.4, 0.5) is 0 Å². The van der Waals surface area contributed by atoms with Gasteiger partial charge < -0.3 is 24.6 Å². The van der Waals surface area contributed by atoms with Crippen LogP contribution >= 0.6 is 0 Å². The van der Waals surface area contributed by atoms with E-state index >= 15 is 0 Å². The molecule has 0 amide bonds. The molecule has 1 aliphatic rings. The fourth-order valence-corrected chi connectivity index (χ4v) is 3.59. The predicted molar refractivity (Wildman–Crippen MR) is 114 cm³/mol. The Bertz CT molecular complexity index is 802. The molecule has 0 saturated carbocycles. The number of ether oxygens (including phenoxy) is 2. The number of guanidine groups is 1. The number of morpholine rings is 1. The average Bonchev–Trinajstić information content (AvgIpc) is 3.18. The molecule has 2 aromatic rings. The summed E-state index contributed by atoms with van der Waals surface area (Å²) < 4.78 is 13.0. The van der Waals surface area contributed by atoms with E-state index in [1.54, 1.807) is 11.8 Å². The van der Waals surface area contributed by atoms with Gasteiger partial charge in [0.25, 0.3) is 0 Å². The van der Waals surface area contributed by atoms with Crippen molar-refractivity contribution in [3.05, 3.63) is 47.8 Å². The molecule has 0 radical (unpaired) electrons. The fraction of sp³-hybridized carbons (Fsp3) is 0.524. The van der Waals surface area contributed by atoms with Crippen molar-refractivity contribution in [2.24, 2.45) is 12.0 Å². The Labute approximate surface area is 173 Å². The molecule has 1 N–H and O–H groups in total. The number of hydrogen-bond acceptors (Lipinski definition) is 5. The summed E-state index contributed by atoms with van der Waals surface area (Å²) in [6.07, 6.45) is 3.88. The lowest BCUT2D eigenvalue weighted by molar-refractivity contribution is -0.00811. The molecular formula is C21H32N6O2. The van der Waals surface area contributed by atoms with Crippen molar-refractivity contribution < 1.29 is 9.47 Å². The van der Waals surface area contributed by atoms with Crippen LogP contribution in [0.5, 0.6) is 5.75 Å². The molecule has 1 aliphatic heterocycles. The monoisotopic (exact) mass is 400 g/mol. The van der Waals surface area contributed by atoms with Crippen molar-refractivity contribution >= 4 is 5.96 Å². The van der Waals surface area contributed by atoms with Gasteiger partial charge in [-0.25, -0.2) is 0 Å². The summed E-state index contributed by atoms with van der Waals surface area (Å²) in [7, 11) is 9.62. The lowest BCUT2D eigenvalue weighted by atomic mass is 10.1. The van der Waals surface area contributed by atoms with E-state index in [1.807, 2.05) is 38.6 Å². The van der Waals surface area contributed by atoms with Crippen LogP contribution in [0.1, 0.15) is 23.3 Å². The third-order valence-corrected chi connectivity index (χ3v) is 5.25. The van der Waals surface area contributed by atoms with Gasteiger partial charge in [0.2, 0.25) is 0 Å². The Morgan fingerprint density at radius 3 is 2.72 bits per heavy atom. The van der Waals surface area contributed by atoms with Gasteiger partial charge in [0.1, 0.15) is 11.9 Å². The van der Waals surface area contributed by atoms with Crippen molar-refractivity contribution in [1.29, 1.82) is 0 Å². The molecule has 1 saturated heterocycles. The molecule has 2 heterocycles. The highest BCUT2D eigenvalue weighted by molar-refractivity contribution is 5.80. The molecule has 0 spiro atoms. The van der Waals surface area contributed by atoms with Crippen LogP contribution in [-0.2, 0) is 11.8 Å². The van der Waals surface area contributed by atoms with E-state index in [0.29, 0.717) is 6.61 Å². The second-order valence-electron chi connectivity index (χ2n) is 7.43. The summed E-state index contributed by atoms with van der Waals surface area (Å²) in [5.41, 5.74) is 2.33. The van der Waals surface area contributed by atoms with Crippen LogP contribution in [0, 0.1) is 0 Å². The zero-order valence-corrected chi connectivity index (χ0v) is 18.0. The number of hydrogen-bond donors (Lipinski definition) is 1. The highest BCUT2D eigenvalue weighted by atomic mass is 16.5. The van der Waals surface area contributed by atoms with E-state index in [4.69, 9.17) is 9.47 Å². The van der Waals surface area contributed by atoms with E-state index in [2.05, 4.69) is 51.4 Å². The SMILES string of the molecule is CN=C(NCC(c1ccc(OC)cc1)N(C)C)N1CCOC(c2cnn(C)c2)C1. The number of nitrogens with one attached hydrogen (secondary N) is 1. The lowest BCUT2D eigenvalue weighted by Crippen LogP contribution is -2.49. The van der Waals surface area contributed by atoms with Gasteiger partial charge >= 0.3 is 0 Å². The third-order valence-electron chi connectivity index (χ3n) is 5.25. The average molecular weight is 401 g/mol. The minimum Gasteiger partial charge on any atom is -0.497 e. The van der Waals surface area contributed by atoms with Crippen molar-refractivity contribution in [1.82, 2.24) is 24.9 Å². The number of rotatable bonds is 6. The molecule has 1 aromatic carbocycles. The van der Waals surface area contributed by atoms with E-state index in [1.165, 1.54) is 5.56 Å². The first kappa shape index (κ1) is 21.1. The second kappa shape index (κ2) is 9.76. The van der Waals surface area contributed by atoms with Crippen LogP contribution in [0.3, 0.4) is 0 Å². The number of aryl methyl sites for hydroxylation is 1. The number of aliphatic imine (C=N–C) groups is 1. The fourth-order valence-electron chi connectivity index (χ4n) is 3.59. The molecule has 0 aliphatic carbocycles. The molecule has 2 unspecified atom stereocenters. The maximum absolute atomic E-state index is 5.96. The van der Waals surface area contributed by atoms with Crippen LogP contribution in [0.15, 0.2) is 41.7 Å². The molecule has 0 bridgehead atoms. The van der Waals surface area contributed by atoms with Crippen LogP contribution < -0.4 is 10.1 Å². The van der Waals surface area contributed by atoms with E-state index in [0.717, 1.165) is 36.9 Å². The van der Waals surface area contributed by atoms with Crippen molar-refractivity contribution in [2.75, 3.05) is 54.5 Å². The van der Waals surface area contributed by atoms with Crippen molar-refractivity contribution in [3.63, 3.8) is 0 Å². The Morgan fingerprint density at radius 1 is 1.38 bits per heavy atom. The summed E-state index contributed by atoms with van der Waals surface area (Å²) in [5, 5.41) is 7.82. The largest absolute Gasteiger partial charge is 0.497 e. The van der Waals surface area contributed by atoms with E-state index in [9.17, 15) is 0 Å². The number of aromatic nitrogens is 2. The molecule has 158 valence electrons. The highest BCUT2D eigenvalue weighted by Gasteiger charge is 2.26. The lowest BCUT2D eigenvalue weighted by Gasteiger charge is -2.35. The molecule has 8 nitrogen and oxygen atoms in total. The predicted octanol–water partition coefficient (Wildman–Crippen LogP) is 1.68. The van der Waals surface area contributed by atoms with E-state index < -0.39 is 0 Å². The zero-order valence-electron chi connectivity index (χ0n) is 18.0. The van der Waals surface area contributed by atoms with Gasteiger partial charge in [0.05, 0.1) is 32.5 Å². The van der Waals surface area contributed by atoms with Gasteiger partial charge in [-0.1, -0.05) is 12.1 Å². The standard InChI is InChI=1S/C21H32N6O2/c1-22-21(27-10-11-29-20(15-27)17-12-24-26(4)14-17)23-13-19(25(2)3)16-6-8-18(28-5)9-7-16/h6-9,12,14,19-20H,10-11,13,15H2,1-5H3,(H,22,23).